The third-order valence-electron chi connectivity index (χ3n) is 3.44. The van der Waals surface area contributed by atoms with Crippen molar-refractivity contribution in [2.24, 2.45) is 0 Å². The molecule has 1 fully saturated rings. The van der Waals surface area contributed by atoms with E-state index in [0.29, 0.717) is 12.6 Å². The Hall–Kier alpha value is -0.680. The molecule has 0 amide bonds. The van der Waals surface area contributed by atoms with Gasteiger partial charge in [0.1, 0.15) is 5.82 Å². The largest absolute Gasteiger partial charge is 0.395 e. The lowest BCUT2D eigenvalue weighted by atomic mass is 9.96. The summed E-state index contributed by atoms with van der Waals surface area (Å²) in [4.78, 5) is 6.92. The van der Waals surface area contributed by atoms with E-state index in [4.69, 9.17) is 0 Å². The van der Waals surface area contributed by atoms with Crippen molar-refractivity contribution < 1.29 is 5.11 Å². The Labute approximate surface area is 113 Å². The summed E-state index contributed by atoms with van der Waals surface area (Å²) >= 11 is 1.47. The van der Waals surface area contributed by atoms with Crippen LogP contribution in [-0.4, -0.2) is 33.7 Å². The normalized spacial score (nSPS) is 17.3. The lowest BCUT2D eigenvalue weighted by molar-refractivity contribution is 0.297. The first-order valence-electron chi connectivity index (χ1n) is 6.74. The summed E-state index contributed by atoms with van der Waals surface area (Å²) in [6.07, 6.45) is 5.00. The highest BCUT2D eigenvalue weighted by Crippen LogP contribution is 2.31. The van der Waals surface area contributed by atoms with Crippen molar-refractivity contribution in [2.45, 2.75) is 57.9 Å². The van der Waals surface area contributed by atoms with Crippen LogP contribution in [0, 0.1) is 0 Å². The van der Waals surface area contributed by atoms with Gasteiger partial charge in [-0.05, 0) is 12.8 Å². The maximum Gasteiger partial charge on any atom is 0.205 e. The summed E-state index contributed by atoms with van der Waals surface area (Å²) < 4.78 is 4.47. The lowest BCUT2D eigenvalue weighted by Crippen LogP contribution is -2.35. The monoisotopic (exact) mass is 269 g/mol. The zero-order valence-corrected chi connectivity index (χ0v) is 12.3. The highest BCUT2D eigenvalue weighted by Gasteiger charge is 2.27. The van der Waals surface area contributed by atoms with Crippen LogP contribution in [-0.2, 0) is 5.41 Å². The summed E-state index contributed by atoms with van der Waals surface area (Å²) in [5.41, 5.74) is -0.00465. The van der Waals surface area contributed by atoms with E-state index in [2.05, 4.69) is 35.0 Å². The minimum atomic E-state index is -0.00465. The second-order valence-electron chi connectivity index (χ2n) is 6.01. The number of aromatic nitrogens is 2. The standard InChI is InChI=1S/C13H23N3OS/c1-13(2,3)11-14-12(18-15-11)16(8-9-17)10-6-4-5-7-10/h10,17H,4-9H2,1-3H3. The van der Waals surface area contributed by atoms with Crippen LogP contribution < -0.4 is 4.90 Å². The number of aliphatic hydroxyl groups is 1. The van der Waals surface area contributed by atoms with Crippen LogP contribution in [0.4, 0.5) is 5.13 Å². The maximum absolute atomic E-state index is 9.24. The van der Waals surface area contributed by atoms with E-state index in [-0.39, 0.29) is 12.0 Å². The molecule has 5 heteroatoms. The third-order valence-corrected chi connectivity index (χ3v) is 4.19. The molecule has 1 aliphatic rings. The van der Waals surface area contributed by atoms with Gasteiger partial charge in [-0.25, -0.2) is 4.98 Å². The van der Waals surface area contributed by atoms with Crippen LogP contribution in [0.5, 0.6) is 0 Å². The molecule has 1 heterocycles. The quantitative estimate of drug-likeness (QED) is 0.912. The average Bonchev–Trinajstić information content (AvgIpc) is 2.96. The lowest BCUT2D eigenvalue weighted by Gasteiger charge is -2.27. The van der Waals surface area contributed by atoms with Crippen LogP contribution >= 0.6 is 11.5 Å². The molecule has 0 unspecified atom stereocenters. The highest BCUT2D eigenvalue weighted by atomic mass is 32.1. The van der Waals surface area contributed by atoms with E-state index >= 15 is 0 Å². The Morgan fingerprint density at radius 3 is 2.50 bits per heavy atom. The molecule has 0 bridgehead atoms. The average molecular weight is 269 g/mol. The fourth-order valence-electron chi connectivity index (χ4n) is 2.39. The van der Waals surface area contributed by atoms with Crippen molar-refractivity contribution in [3.63, 3.8) is 0 Å². The van der Waals surface area contributed by atoms with Gasteiger partial charge < -0.3 is 10.0 Å². The molecule has 0 aromatic carbocycles. The topological polar surface area (TPSA) is 49.2 Å². The minimum Gasteiger partial charge on any atom is -0.395 e. The van der Waals surface area contributed by atoms with Crippen molar-refractivity contribution in [3.8, 4) is 0 Å². The van der Waals surface area contributed by atoms with Gasteiger partial charge in [-0.1, -0.05) is 33.6 Å². The molecule has 1 N–H and O–H groups in total. The summed E-state index contributed by atoms with van der Waals surface area (Å²) in [6, 6.07) is 0.540. The molecule has 1 saturated carbocycles. The van der Waals surface area contributed by atoms with E-state index in [1.165, 1.54) is 37.2 Å². The van der Waals surface area contributed by atoms with Gasteiger partial charge >= 0.3 is 0 Å². The van der Waals surface area contributed by atoms with Crippen molar-refractivity contribution >= 4 is 16.7 Å². The smallest absolute Gasteiger partial charge is 0.205 e. The minimum absolute atomic E-state index is 0.00465. The van der Waals surface area contributed by atoms with Gasteiger partial charge in [0.2, 0.25) is 5.13 Å². The predicted octanol–water partition coefficient (Wildman–Crippen LogP) is 2.58. The van der Waals surface area contributed by atoms with E-state index in [1.54, 1.807) is 0 Å². The van der Waals surface area contributed by atoms with Gasteiger partial charge in [-0.2, -0.15) is 4.37 Å². The Bertz CT molecular complexity index is 380. The fourth-order valence-corrected chi connectivity index (χ4v) is 3.35. The second-order valence-corrected chi connectivity index (χ2v) is 6.74. The fraction of sp³-hybridized carbons (Fsp3) is 0.846. The van der Waals surface area contributed by atoms with E-state index < -0.39 is 0 Å². The van der Waals surface area contributed by atoms with Gasteiger partial charge in [-0.15, -0.1) is 0 Å². The molecular weight excluding hydrogens is 246 g/mol. The van der Waals surface area contributed by atoms with Crippen molar-refractivity contribution in [1.29, 1.82) is 0 Å². The Morgan fingerprint density at radius 1 is 1.33 bits per heavy atom. The van der Waals surface area contributed by atoms with Crippen molar-refractivity contribution in [3.05, 3.63) is 5.82 Å². The summed E-state index contributed by atoms with van der Waals surface area (Å²) in [6.45, 7) is 7.24. The number of rotatable bonds is 4. The molecule has 0 saturated heterocycles. The molecule has 2 rings (SSSR count). The predicted molar refractivity (Wildman–Crippen MR) is 75.3 cm³/mol. The molecule has 1 aromatic rings. The second kappa shape index (κ2) is 5.53. The van der Waals surface area contributed by atoms with E-state index in [0.717, 1.165) is 11.0 Å². The molecule has 18 heavy (non-hydrogen) atoms. The molecule has 0 radical (unpaired) electrons. The van der Waals surface area contributed by atoms with Crippen molar-refractivity contribution in [1.82, 2.24) is 9.36 Å². The SMILES string of the molecule is CC(C)(C)c1nsc(N(CCO)C2CCCC2)n1. The number of hydrogen-bond donors (Lipinski definition) is 1. The molecule has 4 nitrogen and oxygen atoms in total. The molecule has 0 spiro atoms. The first-order chi connectivity index (χ1) is 8.52. The Morgan fingerprint density at radius 2 is 2.00 bits per heavy atom. The van der Waals surface area contributed by atoms with E-state index in [9.17, 15) is 5.11 Å². The summed E-state index contributed by atoms with van der Waals surface area (Å²) in [5.74, 6) is 0.906. The van der Waals surface area contributed by atoms with Crippen LogP contribution in [0.3, 0.4) is 0 Å². The number of anilines is 1. The van der Waals surface area contributed by atoms with Crippen LogP contribution in [0.1, 0.15) is 52.3 Å². The van der Waals surface area contributed by atoms with Crippen LogP contribution in [0.2, 0.25) is 0 Å². The molecule has 0 aliphatic heterocycles. The zero-order valence-electron chi connectivity index (χ0n) is 11.5. The van der Waals surface area contributed by atoms with Crippen LogP contribution in [0.15, 0.2) is 0 Å². The third kappa shape index (κ3) is 3.01. The zero-order chi connectivity index (χ0) is 13.2. The first kappa shape index (κ1) is 13.7. The van der Waals surface area contributed by atoms with Crippen LogP contribution in [0.25, 0.3) is 0 Å². The molecule has 0 atom stereocenters. The van der Waals surface area contributed by atoms with Gasteiger partial charge in [0, 0.05) is 29.5 Å². The van der Waals surface area contributed by atoms with Gasteiger partial charge in [-0.3, -0.25) is 0 Å². The molecule has 1 aliphatic carbocycles. The van der Waals surface area contributed by atoms with Gasteiger partial charge in [0.05, 0.1) is 6.61 Å². The van der Waals surface area contributed by atoms with Crippen molar-refractivity contribution in [2.75, 3.05) is 18.1 Å². The van der Waals surface area contributed by atoms with E-state index in [1.807, 2.05) is 0 Å². The maximum atomic E-state index is 9.24. The Balaban J connectivity index is 2.17. The summed E-state index contributed by atoms with van der Waals surface area (Å²) in [7, 11) is 0. The number of hydrogen-bond acceptors (Lipinski definition) is 5. The first-order valence-corrected chi connectivity index (χ1v) is 7.51. The molecule has 102 valence electrons. The highest BCUT2D eigenvalue weighted by molar-refractivity contribution is 7.09. The van der Waals surface area contributed by atoms with Gasteiger partial charge in [0.25, 0.3) is 0 Å². The summed E-state index contributed by atoms with van der Waals surface area (Å²) in [5, 5.41) is 10.2. The number of nitrogens with zero attached hydrogens (tertiary/aromatic N) is 3. The molecular formula is C13H23N3OS. The number of aliphatic hydroxyl groups excluding tert-OH is 1. The van der Waals surface area contributed by atoms with Gasteiger partial charge in [0.15, 0.2) is 0 Å². The Kier molecular flexibility index (Phi) is 4.22. The molecule has 1 aromatic heterocycles.